The highest BCUT2D eigenvalue weighted by Gasteiger charge is 2.80. The van der Waals surface area contributed by atoms with E-state index in [-0.39, 0.29) is 29.6 Å². The molecule has 33 heavy (non-hydrogen) atoms. The summed E-state index contributed by atoms with van der Waals surface area (Å²) in [6.07, 6.45) is 15.9. The van der Waals surface area contributed by atoms with Gasteiger partial charge in [0.25, 0.3) is 0 Å². The molecule has 4 heteroatoms. The summed E-state index contributed by atoms with van der Waals surface area (Å²) in [5, 5.41) is 14.1. The predicted octanol–water partition coefficient (Wildman–Crippen LogP) is 5.22. The van der Waals surface area contributed by atoms with Crippen molar-refractivity contribution in [3.8, 4) is 0 Å². The van der Waals surface area contributed by atoms with E-state index in [0.29, 0.717) is 34.1 Å². The number of nitrogens with one attached hydrogen (secondary N) is 1. The minimum absolute atomic E-state index is 0.0707. The topological polar surface area (TPSA) is 58.6 Å². The van der Waals surface area contributed by atoms with Crippen LogP contribution in [0.1, 0.15) is 104 Å². The number of aliphatic hydroxyl groups is 1. The summed E-state index contributed by atoms with van der Waals surface area (Å²) in [4.78, 5) is 12.9. The third kappa shape index (κ3) is 2.64. The summed E-state index contributed by atoms with van der Waals surface area (Å²) in [6.45, 7) is 7.31. The van der Waals surface area contributed by atoms with Gasteiger partial charge < -0.3 is 15.2 Å². The zero-order chi connectivity index (χ0) is 22.8. The van der Waals surface area contributed by atoms with Gasteiger partial charge in [-0.1, -0.05) is 20.8 Å². The molecule has 0 radical (unpaired) electrons. The molecule has 6 saturated carbocycles. The number of rotatable bonds is 2. The molecule has 7 fully saturated rings. The van der Waals surface area contributed by atoms with Crippen LogP contribution in [-0.4, -0.2) is 35.4 Å². The lowest BCUT2D eigenvalue weighted by molar-refractivity contribution is -0.150. The van der Waals surface area contributed by atoms with Gasteiger partial charge in [-0.2, -0.15) is 0 Å². The quantitative estimate of drug-likeness (QED) is 0.600. The van der Waals surface area contributed by atoms with Crippen LogP contribution in [0.5, 0.6) is 0 Å². The van der Waals surface area contributed by atoms with Gasteiger partial charge in [-0.05, 0) is 129 Å². The molecule has 1 saturated heterocycles. The molecule has 1 heterocycles. The number of hydrogen-bond acceptors (Lipinski definition) is 3. The molecular formula is C29H45NO3. The molecule has 1 amide bonds. The lowest BCUT2D eigenvalue weighted by atomic mass is 9.46. The van der Waals surface area contributed by atoms with Crippen molar-refractivity contribution in [3.63, 3.8) is 0 Å². The zero-order valence-electron chi connectivity index (χ0n) is 21.1. The van der Waals surface area contributed by atoms with Crippen LogP contribution in [0.3, 0.4) is 0 Å². The molecule has 0 bridgehead atoms. The first kappa shape index (κ1) is 21.7. The average molecular weight is 456 g/mol. The first-order chi connectivity index (χ1) is 15.7. The Labute approximate surface area is 200 Å². The van der Waals surface area contributed by atoms with Gasteiger partial charge in [-0.25, -0.2) is 0 Å². The summed E-state index contributed by atoms with van der Waals surface area (Å²) in [6, 6.07) is 0.405. The SMILES string of the molecule is CC12CC[C@@]34CC35CC[C@H](O)C(C)(C)C5CCC4C1CC1OC(C(=O)NC3CCC3)CCC12. The number of amides is 1. The van der Waals surface area contributed by atoms with Gasteiger partial charge in [-0.3, -0.25) is 4.79 Å². The van der Waals surface area contributed by atoms with Crippen LogP contribution in [-0.2, 0) is 9.53 Å². The largest absolute Gasteiger partial charge is 0.393 e. The van der Waals surface area contributed by atoms with Crippen molar-refractivity contribution in [1.29, 1.82) is 0 Å². The second kappa shape index (κ2) is 6.78. The van der Waals surface area contributed by atoms with Gasteiger partial charge in [0.2, 0.25) is 5.91 Å². The highest BCUT2D eigenvalue weighted by molar-refractivity contribution is 5.81. The molecule has 4 nitrogen and oxygen atoms in total. The average Bonchev–Trinajstić information content (AvgIpc) is 3.34. The Balaban J connectivity index is 1.11. The zero-order valence-corrected chi connectivity index (χ0v) is 21.1. The number of carbonyl (C=O) groups excluding carboxylic acids is 1. The van der Waals surface area contributed by atoms with Gasteiger partial charge in [-0.15, -0.1) is 0 Å². The van der Waals surface area contributed by atoms with E-state index in [1.54, 1.807) is 0 Å². The monoisotopic (exact) mass is 455 g/mol. The van der Waals surface area contributed by atoms with E-state index in [2.05, 4.69) is 26.1 Å². The van der Waals surface area contributed by atoms with Crippen molar-refractivity contribution in [2.24, 2.45) is 45.3 Å². The second-order valence-electron chi connectivity index (χ2n) is 14.4. The Morgan fingerprint density at radius 2 is 1.67 bits per heavy atom. The molecule has 10 atom stereocenters. The summed E-state index contributed by atoms with van der Waals surface area (Å²) in [5.41, 5.74) is 1.53. The van der Waals surface area contributed by atoms with E-state index in [4.69, 9.17) is 4.74 Å². The molecule has 2 spiro atoms. The summed E-state index contributed by atoms with van der Waals surface area (Å²) < 4.78 is 6.63. The minimum atomic E-state index is -0.215. The Hall–Kier alpha value is -0.610. The second-order valence-corrected chi connectivity index (χ2v) is 14.4. The van der Waals surface area contributed by atoms with Gasteiger partial charge in [0.05, 0.1) is 12.2 Å². The maximum absolute atomic E-state index is 12.9. The highest BCUT2D eigenvalue weighted by Crippen LogP contribution is 2.87. The Morgan fingerprint density at radius 1 is 0.879 bits per heavy atom. The lowest BCUT2D eigenvalue weighted by Crippen LogP contribution is -2.54. The number of hydrogen-bond donors (Lipinski definition) is 2. The van der Waals surface area contributed by atoms with E-state index in [9.17, 15) is 9.90 Å². The van der Waals surface area contributed by atoms with Crippen LogP contribution in [0.4, 0.5) is 0 Å². The predicted molar refractivity (Wildman–Crippen MR) is 127 cm³/mol. The number of aliphatic hydroxyl groups excluding tert-OH is 1. The maximum Gasteiger partial charge on any atom is 0.249 e. The van der Waals surface area contributed by atoms with Crippen molar-refractivity contribution in [2.75, 3.05) is 0 Å². The summed E-state index contributed by atoms with van der Waals surface area (Å²) in [5.74, 6) is 3.12. The van der Waals surface area contributed by atoms with E-state index < -0.39 is 0 Å². The van der Waals surface area contributed by atoms with Crippen LogP contribution < -0.4 is 5.32 Å². The van der Waals surface area contributed by atoms with E-state index in [0.717, 1.165) is 37.5 Å². The van der Waals surface area contributed by atoms with Gasteiger partial charge >= 0.3 is 0 Å². The van der Waals surface area contributed by atoms with Crippen molar-refractivity contribution < 1.29 is 14.6 Å². The van der Waals surface area contributed by atoms with Gasteiger partial charge in [0, 0.05) is 6.04 Å². The fourth-order valence-corrected chi connectivity index (χ4v) is 11.3. The Bertz CT molecular complexity index is 852. The van der Waals surface area contributed by atoms with Gasteiger partial charge in [0.1, 0.15) is 6.10 Å². The number of ether oxygens (including phenoxy) is 1. The molecular weight excluding hydrogens is 410 g/mol. The first-order valence-corrected chi connectivity index (χ1v) is 14.4. The third-order valence-electron chi connectivity index (χ3n) is 13.3. The van der Waals surface area contributed by atoms with Crippen molar-refractivity contribution in [3.05, 3.63) is 0 Å². The number of fused-ring (bicyclic) bond motifs is 4. The normalized spacial score (nSPS) is 56.3. The smallest absolute Gasteiger partial charge is 0.249 e. The molecule has 7 rings (SSSR count). The van der Waals surface area contributed by atoms with Crippen molar-refractivity contribution in [2.45, 2.75) is 129 Å². The van der Waals surface area contributed by atoms with Crippen molar-refractivity contribution >= 4 is 5.91 Å². The number of carbonyl (C=O) groups is 1. The van der Waals surface area contributed by atoms with E-state index in [1.165, 1.54) is 57.8 Å². The highest BCUT2D eigenvalue weighted by atomic mass is 16.5. The molecule has 0 aromatic heterocycles. The molecule has 184 valence electrons. The fraction of sp³-hybridized carbons (Fsp3) is 0.966. The Morgan fingerprint density at radius 3 is 2.42 bits per heavy atom. The minimum Gasteiger partial charge on any atom is -0.393 e. The standard InChI is InChI=1S/C29H45NO3/c1-26(2)23-10-8-18-20-15-22-19(7-9-21(33-22)25(32)30-17-5-4-6-17)27(20,3)13-14-28(18)16-29(23,28)12-11-24(26)31/h17-24,31H,4-16H2,1-3H3,(H,30,32)/t18?,19?,20?,21?,22?,23?,24-,27?,28-,29?/m0/s1. The fourth-order valence-electron chi connectivity index (χ4n) is 11.3. The molecule has 8 unspecified atom stereocenters. The van der Waals surface area contributed by atoms with Crippen molar-refractivity contribution in [1.82, 2.24) is 5.32 Å². The lowest BCUT2D eigenvalue weighted by Gasteiger charge is -2.59. The van der Waals surface area contributed by atoms with Crippen LogP contribution >= 0.6 is 0 Å². The molecule has 0 aromatic carbocycles. The van der Waals surface area contributed by atoms with Crippen LogP contribution in [0, 0.1) is 45.3 Å². The molecule has 2 N–H and O–H groups in total. The third-order valence-corrected chi connectivity index (χ3v) is 13.3. The maximum atomic E-state index is 12.9. The van der Waals surface area contributed by atoms with E-state index in [1.807, 2.05) is 0 Å². The van der Waals surface area contributed by atoms with Crippen LogP contribution in [0.2, 0.25) is 0 Å². The summed E-state index contributed by atoms with van der Waals surface area (Å²) in [7, 11) is 0. The first-order valence-electron chi connectivity index (χ1n) is 14.4. The molecule has 0 aromatic rings. The summed E-state index contributed by atoms with van der Waals surface area (Å²) >= 11 is 0. The molecule has 7 aliphatic rings. The van der Waals surface area contributed by atoms with Gasteiger partial charge in [0.15, 0.2) is 0 Å². The Kier molecular flexibility index (Phi) is 4.45. The van der Waals surface area contributed by atoms with E-state index >= 15 is 0 Å². The van der Waals surface area contributed by atoms with Crippen LogP contribution in [0.15, 0.2) is 0 Å². The molecule has 1 aliphatic heterocycles. The van der Waals surface area contributed by atoms with Crippen LogP contribution in [0.25, 0.3) is 0 Å². The molecule has 6 aliphatic carbocycles.